The molecule has 2 aromatic carbocycles. The van der Waals surface area contributed by atoms with E-state index in [0.717, 1.165) is 32.9 Å². The summed E-state index contributed by atoms with van der Waals surface area (Å²) in [6.07, 6.45) is 4.91. The first-order valence-corrected chi connectivity index (χ1v) is 14.5. The zero-order valence-electron chi connectivity index (χ0n) is 19.9. The lowest BCUT2D eigenvalue weighted by atomic mass is 9.86. The predicted octanol–water partition coefficient (Wildman–Crippen LogP) is 5.39. The second-order valence-corrected chi connectivity index (χ2v) is 11.7. The van der Waals surface area contributed by atoms with Gasteiger partial charge < -0.3 is 29.4 Å². The quantitative estimate of drug-likeness (QED) is 0.225. The molecule has 10 heteroatoms. The highest BCUT2D eigenvalue weighted by atomic mass is 32.1. The number of aliphatic hydroxyl groups is 1. The van der Waals surface area contributed by atoms with E-state index < -0.39 is 13.1 Å². The number of aromatic nitrogens is 1. The van der Waals surface area contributed by atoms with Crippen LogP contribution in [0.2, 0.25) is 0 Å². The highest BCUT2D eigenvalue weighted by Crippen LogP contribution is 2.41. The molecule has 0 radical (unpaired) electrons. The van der Waals surface area contributed by atoms with Crippen molar-refractivity contribution in [2.75, 3.05) is 18.5 Å². The molecule has 1 fully saturated rings. The fraction of sp³-hybridized carbons (Fsp3) is 0.346. The Morgan fingerprint density at radius 3 is 2.72 bits per heavy atom. The minimum Gasteiger partial charge on any atom is -0.490 e. The van der Waals surface area contributed by atoms with Crippen LogP contribution in [0.5, 0.6) is 5.75 Å². The molecule has 0 aliphatic heterocycles. The molecular weight excluding hydrogens is 499 g/mol. The minimum absolute atomic E-state index is 0.0808. The first-order valence-electron chi connectivity index (χ1n) is 12.0. The summed E-state index contributed by atoms with van der Waals surface area (Å²) in [5, 5.41) is 13.8. The smallest absolute Gasteiger partial charge is 0.391 e. The Hall–Kier alpha value is -2.68. The maximum Gasteiger partial charge on any atom is 0.391 e. The number of anilines is 1. The third-order valence-electron chi connectivity index (χ3n) is 6.62. The molecule has 0 unspecified atom stereocenters. The Kier molecular flexibility index (Phi) is 7.19. The molecule has 0 spiro atoms. The number of nitrogens with one attached hydrogen (secondary N) is 1. The van der Waals surface area contributed by atoms with E-state index >= 15 is 0 Å². The number of benzene rings is 2. The topological polar surface area (TPSA) is 125 Å². The molecule has 1 aliphatic rings. The van der Waals surface area contributed by atoms with E-state index in [9.17, 15) is 19.5 Å². The number of thiazole rings is 1. The van der Waals surface area contributed by atoms with E-state index in [0.29, 0.717) is 23.3 Å². The summed E-state index contributed by atoms with van der Waals surface area (Å²) in [6, 6.07) is 14.8. The third-order valence-corrected chi connectivity index (χ3v) is 8.47. The summed E-state index contributed by atoms with van der Waals surface area (Å²) in [5.41, 5.74) is 2.92. The van der Waals surface area contributed by atoms with Crippen molar-refractivity contribution >= 4 is 39.8 Å². The van der Waals surface area contributed by atoms with Crippen LogP contribution in [0.4, 0.5) is 5.13 Å². The number of fused-ring (bicyclic) bond motifs is 1. The van der Waals surface area contributed by atoms with Gasteiger partial charge in [0.2, 0.25) is 5.50 Å². The highest BCUT2D eigenvalue weighted by Gasteiger charge is 2.25. The van der Waals surface area contributed by atoms with Gasteiger partial charge >= 0.3 is 7.60 Å². The van der Waals surface area contributed by atoms with Crippen molar-refractivity contribution in [1.82, 2.24) is 4.98 Å². The molecule has 0 amide bonds. The van der Waals surface area contributed by atoms with E-state index in [1.54, 1.807) is 17.4 Å². The van der Waals surface area contributed by atoms with Gasteiger partial charge in [-0.3, -0.25) is 4.57 Å². The average molecular weight is 529 g/mol. The van der Waals surface area contributed by atoms with Gasteiger partial charge in [0.1, 0.15) is 18.1 Å². The summed E-state index contributed by atoms with van der Waals surface area (Å²) >= 11 is 1.63. The summed E-state index contributed by atoms with van der Waals surface area (Å²) in [5.74, 6) is 1.34. The molecule has 2 heterocycles. The summed E-state index contributed by atoms with van der Waals surface area (Å²) < 4.78 is 23.9. The zero-order valence-corrected chi connectivity index (χ0v) is 21.6. The molecule has 2 atom stereocenters. The first-order chi connectivity index (χ1) is 17.3. The fourth-order valence-corrected chi connectivity index (χ4v) is 6.28. The molecule has 5 rings (SSSR count). The van der Waals surface area contributed by atoms with Crippen LogP contribution in [0.25, 0.3) is 32.7 Å². The van der Waals surface area contributed by atoms with Crippen molar-refractivity contribution in [2.45, 2.75) is 38.6 Å². The standard InChI is InChI=1S/C26H29N2O6PS/c1-16-5-2-3-7-20(16)27-26-28-21-8-4-6-18(25(21)36-26)17-9-10-22(33-14-13-29)19(15-17)23-11-12-24(34-23)35(30,31)32/h4,6,8-12,15-16,20,29H,2-3,5,7,13-14H2,1H3,(H,27,28)(H2,30,31,32)/t16-,20-/m0/s1. The van der Waals surface area contributed by atoms with Gasteiger partial charge in [0, 0.05) is 11.6 Å². The first kappa shape index (κ1) is 25.0. The van der Waals surface area contributed by atoms with E-state index in [1.807, 2.05) is 30.3 Å². The van der Waals surface area contributed by atoms with E-state index in [1.165, 1.54) is 31.4 Å². The summed E-state index contributed by atoms with van der Waals surface area (Å²) in [6.45, 7) is 2.21. The maximum atomic E-state index is 11.7. The van der Waals surface area contributed by atoms with Crippen molar-refractivity contribution in [3.8, 4) is 28.2 Å². The van der Waals surface area contributed by atoms with Crippen LogP contribution in [-0.2, 0) is 4.57 Å². The molecule has 1 aliphatic carbocycles. The van der Waals surface area contributed by atoms with Crippen LogP contribution < -0.4 is 15.6 Å². The van der Waals surface area contributed by atoms with Gasteiger partial charge in [0.05, 0.1) is 22.4 Å². The van der Waals surface area contributed by atoms with Gasteiger partial charge in [0.15, 0.2) is 5.13 Å². The predicted molar refractivity (Wildman–Crippen MR) is 142 cm³/mol. The maximum absolute atomic E-state index is 11.7. The average Bonchev–Trinajstić information content (AvgIpc) is 3.51. The molecule has 2 aromatic heterocycles. The fourth-order valence-electron chi connectivity index (χ4n) is 4.73. The van der Waals surface area contributed by atoms with Gasteiger partial charge in [0.25, 0.3) is 0 Å². The lowest BCUT2D eigenvalue weighted by Gasteiger charge is -2.29. The van der Waals surface area contributed by atoms with E-state index in [2.05, 4.69) is 12.2 Å². The van der Waals surface area contributed by atoms with E-state index in [-0.39, 0.29) is 19.0 Å². The van der Waals surface area contributed by atoms with Crippen molar-refractivity contribution < 1.29 is 28.6 Å². The van der Waals surface area contributed by atoms with Crippen LogP contribution in [-0.4, -0.2) is 39.1 Å². The monoisotopic (exact) mass is 528 g/mol. The van der Waals surface area contributed by atoms with Gasteiger partial charge in [-0.15, -0.1) is 0 Å². The number of rotatable bonds is 8. The van der Waals surface area contributed by atoms with Crippen LogP contribution in [0.15, 0.2) is 52.9 Å². The van der Waals surface area contributed by atoms with Crippen LogP contribution in [0.1, 0.15) is 32.6 Å². The largest absolute Gasteiger partial charge is 0.490 e. The van der Waals surface area contributed by atoms with Gasteiger partial charge in [-0.1, -0.05) is 49.3 Å². The number of hydrogen-bond acceptors (Lipinski definition) is 7. The SMILES string of the molecule is C[C@H]1CCCC[C@@H]1Nc1nc2cccc(-c3ccc(OCCO)c(-c4ccc(P(=O)(O)O)o4)c3)c2s1. The van der Waals surface area contributed by atoms with Crippen molar-refractivity contribution in [1.29, 1.82) is 0 Å². The normalized spacial score (nSPS) is 18.4. The van der Waals surface area contributed by atoms with Crippen molar-refractivity contribution in [2.24, 2.45) is 5.92 Å². The molecule has 4 aromatic rings. The number of ether oxygens (including phenoxy) is 1. The highest BCUT2D eigenvalue weighted by molar-refractivity contribution is 7.59. The summed E-state index contributed by atoms with van der Waals surface area (Å²) in [7, 11) is -4.53. The summed E-state index contributed by atoms with van der Waals surface area (Å²) in [4.78, 5) is 23.8. The molecule has 8 nitrogen and oxygen atoms in total. The van der Waals surface area contributed by atoms with Crippen LogP contribution in [0.3, 0.4) is 0 Å². The lowest BCUT2D eigenvalue weighted by molar-refractivity contribution is 0.201. The van der Waals surface area contributed by atoms with Gasteiger partial charge in [-0.05, 0) is 54.7 Å². The molecule has 0 bridgehead atoms. The minimum atomic E-state index is -4.53. The third kappa shape index (κ3) is 5.21. The molecule has 190 valence electrons. The van der Waals surface area contributed by atoms with Crippen LogP contribution in [0, 0.1) is 5.92 Å². The number of hydrogen-bond donors (Lipinski definition) is 4. The van der Waals surface area contributed by atoms with Gasteiger partial charge in [-0.25, -0.2) is 4.98 Å². The Morgan fingerprint density at radius 2 is 1.97 bits per heavy atom. The Balaban J connectivity index is 1.53. The van der Waals surface area contributed by atoms with Gasteiger partial charge in [-0.2, -0.15) is 0 Å². The second kappa shape index (κ2) is 10.4. The zero-order chi connectivity index (χ0) is 25.3. The molecule has 1 saturated carbocycles. The second-order valence-electron chi connectivity index (χ2n) is 9.15. The van der Waals surface area contributed by atoms with Crippen LogP contribution >= 0.6 is 18.9 Å². The molecule has 36 heavy (non-hydrogen) atoms. The molecule has 4 N–H and O–H groups in total. The van der Waals surface area contributed by atoms with Crippen molar-refractivity contribution in [3.05, 3.63) is 48.5 Å². The molecule has 0 saturated heterocycles. The van der Waals surface area contributed by atoms with Crippen molar-refractivity contribution in [3.63, 3.8) is 0 Å². The molecular formula is C26H29N2O6PS. The number of aliphatic hydroxyl groups excluding tert-OH is 1. The lowest BCUT2D eigenvalue weighted by Crippen LogP contribution is -2.30. The number of nitrogens with zero attached hydrogens (tertiary/aromatic N) is 1. The van der Waals surface area contributed by atoms with E-state index in [4.69, 9.17) is 14.1 Å². The Morgan fingerprint density at radius 1 is 1.14 bits per heavy atom. The number of furan rings is 1. The Bertz CT molecular complexity index is 1410. The Labute approximate surface area is 213 Å².